The van der Waals surface area contributed by atoms with E-state index in [0.717, 1.165) is 0 Å². The summed E-state index contributed by atoms with van der Waals surface area (Å²) in [6.07, 6.45) is 1.41. The molecule has 0 saturated carbocycles. The number of rotatable bonds is 8. The Morgan fingerprint density at radius 1 is 1.11 bits per heavy atom. The van der Waals surface area contributed by atoms with E-state index < -0.39 is 0 Å². The number of hydrogen-bond donors (Lipinski definition) is 3. The number of aromatic amines is 1. The van der Waals surface area contributed by atoms with E-state index >= 15 is 0 Å². The number of nitrogens with zero attached hydrogens (tertiary/aromatic N) is 1. The number of aromatic nitrogens is 2. The molecule has 0 fully saturated rings. The summed E-state index contributed by atoms with van der Waals surface area (Å²) < 4.78 is 10.2. The second-order valence-corrected chi connectivity index (χ2v) is 5.61. The first-order valence-corrected chi connectivity index (χ1v) is 8.27. The molecule has 3 N–H and O–H groups in total. The Labute approximate surface area is 153 Å². The van der Waals surface area contributed by atoms with E-state index in [1.165, 1.54) is 6.26 Å². The van der Waals surface area contributed by atoms with Crippen LogP contribution in [0.15, 0.2) is 51.9 Å². The van der Waals surface area contributed by atoms with Crippen LogP contribution in [0.2, 0.25) is 0 Å². The van der Waals surface area contributed by atoms with Crippen molar-refractivity contribution in [3.8, 4) is 0 Å². The topological polar surface area (TPSA) is 126 Å². The Balaban J connectivity index is 1.37. The van der Waals surface area contributed by atoms with Crippen molar-refractivity contribution >= 4 is 22.7 Å². The molecule has 0 aliphatic heterocycles. The summed E-state index contributed by atoms with van der Waals surface area (Å²) in [5, 5.41) is 5.71. The summed E-state index contributed by atoms with van der Waals surface area (Å²) in [6.45, 7) is 0.315. The Morgan fingerprint density at radius 3 is 2.74 bits per heavy atom. The molecule has 0 unspecified atom stereocenters. The third-order valence-electron chi connectivity index (χ3n) is 3.61. The molecule has 0 bridgehead atoms. The molecular formula is C18H18N4O5. The lowest BCUT2D eigenvalue weighted by atomic mass is 10.2. The number of amides is 2. The quantitative estimate of drug-likeness (QED) is 0.498. The minimum Gasteiger partial charge on any atom is -0.459 e. The summed E-state index contributed by atoms with van der Waals surface area (Å²) in [6, 6.07) is 10.1. The zero-order valence-corrected chi connectivity index (χ0v) is 14.4. The van der Waals surface area contributed by atoms with Gasteiger partial charge in [-0.1, -0.05) is 12.1 Å². The lowest BCUT2D eigenvalue weighted by Crippen LogP contribution is -2.36. The molecule has 9 nitrogen and oxygen atoms in total. The Hall–Kier alpha value is -3.46. The van der Waals surface area contributed by atoms with Gasteiger partial charge in [-0.25, -0.2) is 4.98 Å². The zero-order chi connectivity index (χ0) is 19.1. The van der Waals surface area contributed by atoms with E-state index in [0.29, 0.717) is 16.7 Å². The molecule has 0 spiro atoms. The molecule has 27 heavy (non-hydrogen) atoms. The minimum absolute atomic E-state index is 0.00270. The fraction of sp³-hybridized carbons (Fsp3) is 0.222. The van der Waals surface area contributed by atoms with Crippen molar-refractivity contribution in [2.75, 3.05) is 19.7 Å². The SMILES string of the molecule is O=C(COCc1nc2ccccc2c(=O)[nH]1)NCCNC(=O)c1ccco1. The molecule has 9 heteroatoms. The van der Waals surface area contributed by atoms with Gasteiger partial charge in [0.25, 0.3) is 11.5 Å². The van der Waals surface area contributed by atoms with Crippen LogP contribution in [0, 0.1) is 0 Å². The highest BCUT2D eigenvalue weighted by Gasteiger charge is 2.08. The summed E-state index contributed by atoms with van der Waals surface area (Å²) in [5.74, 6) is -0.138. The van der Waals surface area contributed by atoms with Gasteiger partial charge in [-0.2, -0.15) is 0 Å². The van der Waals surface area contributed by atoms with Gasteiger partial charge < -0.3 is 24.8 Å². The van der Waals surface area contributed by atoms with Crippen LogP contribution >= 0.6 is 0 Å². The van der Waals surface area contributed by atoms with Crippen LogP contribution in [0.25, 0.3) is 10.9 Å². The van der Waals surface area contributed by atoms with Gasteiger partial charge in [0.1, 0.15) is 19.0 Å². The van der Waals surface area contributed by atoms with Crippen LogP contribution in [0.3, 0.4) is 0 Å². The van der Waals surface area contributed by atoms with E-state index in [2.05, 4.69) is 20.6 Å². The zero-order valence-electron chi connectivity index (χ0n) is 14.4. The Kier molecular flexibility index (Phi) is 5.95. The number of para-hydroxylation sites is 1. The number of fused-ring (bicyclic) bond motifs is 1. The van der Waals surface area contributed by atoms with Gasteiger partial charge in [-0.05, 0) is 24.3 Å². The minimum atomic E-state index is -0.350. The summed E-state index contributed by atoms with van der Waals surface area (Å²) in [7, 11) is 0. The molecule has 0 aliphatic carbocycles. The van der Waals surface area contributed by atoms with Crippen LogP contribution in [-0.2, 0) is 16.1 Å². The normalized spacial score (nSPS) is 10.7. The molecule has 140 valence electrons. The standard InChI is InChI=1S/C18H18N4O5/c23-16(19-7-8-20-18(25)14-6-3-9-27-14)11-26-10-15-21-13-5-2-1-4-12(13)17(24)22-15/h1-6,9H,7-8,10-11H2,(H,19,23)(H,20,25)(H,21,22,24). The predicted octanol–water partition coefficient (Wildman–Crippen LogP) is 0.579. The van der Waals surface area contributed by atoms with Gasteiger partial charge in [0.05, 0.1) is 17.2 Å². The van der Waals surface area contributed by atoms with E-state index in [1.54, 1.807) is 36.4 Å². The number of H-pyrrole nitrogens is 1. The largest absolute Gasteiger partial charge is 0.459 e. The van der Waals surface area contributed by atoms with Crippen molar-refractivity contribution < 1.29 is 18.7 Å². The fourth-order valence-corrected chi connectivity index (χ4v) is 2.37. The molecule has 2 aromatic heterocycles. The molecule has 2 heterocycles. The van der Waals surface area contributed by atoms with Gasteiger partial charge in [0.2, 0.25) is 5.91 Å². The van der Waals surface area contributed by atoms with Crippen LogP contribution in [0.5, 0.6) is 0 Å². The number of hydrogen-bond acceptors (Lipinski definition) is 6. The molecule has 0 radical (unpaired) electrons. The third kappa shape index (κ3) is 5.02. The number of benzene rings is 1. The number of nitrogens with one attached hydrogen (secondary N) is 3. The second kappa shape index (κ2) is 8.77. The number of carbonyl (C=O) groups excluding carboxylic acids is 2. The first-order valence-electron chi connectivity index (χ1n) is 8.27. The maximum absolute atomic E-state index is 11.9. The number of furan rings is 1. The highest BCUT2D eigenvalue weighted by Crippen LogP contribution is 2.06. The maximum Gasteiger partial charge on any atom is 0.287 e. The molecule has 3 rings (SSSR count). The van der Waals surface area contributed by atoms with E-state index in [-0.39, 0.29) is 49.4 Å². The smallest absolute Gasteiger partial charge is 0.287 e. The van der Waals surface area contributed by atoms with E-state index in [1.807, 2.05) is 0 Å². The first-order chi connectivity index (χ1) is 13.1. The molecule has 3 aromatic rings. The van der Waals surface area contributed by atoms with Crippen LogP contribution < -0.4 is 16.2 Å². The van der Waals surface area contributed by atoms with Crippen LogP contribution in [0.4, 0.5) is 0 Å². The highest BCUT2D eigenvalue weighted by atomic mass is 16.5. The van der Waals surface area contributed by atoms with Gasteiger partial charge in [0.15, 0.2) is 5.76 Å². The average molecular weight is 370 g/mol. The molecule has 0 saturated heterocycles. The van der Waals surface area contributed by atoms with Crippen molar-refractivity contribution in [3.63, 3.8) is 0 Å². The average Bonchev–Trinajstić information content (AvgIpc) is 3.20. The molecular weight excluding hydrogens is 352 g/mol. The predicted molar refractivity (Wildman–Crippen MR) is 96.1 cm³/mol. The van der Waals surface area contributed by atoms with Gasteiger partial charge in [0, 0.05) is 13.1 Å². The molecule has 1 aromatic carbocycles. The summed E-state index contributed by atoms with van der Waals surface area (Å²) >= 11 is 0. The van der Waals surface area contributed by atoms with E-state index in [9.17, 15) is 14.4 Å². The first kappa shape index (κ1) is 18.3. The lowest BCUT2D eigenvalue weighted by Gasteiger charge is -2.07. The maximum atomic E-state index is 11.9. The van der Waals surface area contributed by atoms with Crippen molar-refractivity contribution in [1.82, 2.24) is 20.6 Å². The van der Waals surface area contributed by atoms with Gasteiger partial charge in [-0.3, -0.25) is 14.4 Å². The molecule has 0 aliphatic rings. The Bertz CT molecular complexity index is 981. The summed E-state index contributed by atoms with van der Waals surface area (Å²) in [5.41, 5.74) is 0.313. The van der Waals surface area contributed by atoms with Crippen molar-refractivity contribution in [3.05, 3.63) is 64.6 Å². The molecule has 0 atom stereocenters. The summed E-state index contributed by atoms with van der Waals surface area (Å²) in [4.78, 5) is 42.2. The number of ether oxygens (including phenoxy) is 1. The van der Waals surface area contributed by atoms with Crippen LogP contribution in [-0.4, -0.2) is 41.5 Å². The van der Waals surface area contributed by atoms with Crippen LogP contribution in [0.1, 0.15) is 16.4 Å². The Morgan fingerprint density at radius 2 is 1.93 bits per heavy atom. The van der Waals surface area contributed by atoms with Gasteiger partial charge >= 0.3 is 0 Å². The molecule has 2 amide bonds. The van der Waals surface area contributed by atoms with Crippen molar-refractivity contribution in [1.29, 1.82) is 0 Å². The van der Waals surface area contributed by atoms with Crippen molar-refractivity contribution in [2.24, 2.45) is 0 Å². The van der Waals surface area contributed by atoms with E-state index in [4.69, 9.17) is 9.15 Å². The third-order valence-corrected chi connectivity index (χ3v) is 3.61. The number of carbonyl (C=O) groups is 2. The second-order valence-electron chi connectivity index (χ2n) is 5.61. The monoisotopic (exact) mass is 370 g/mol. The fourth-order valence-electron chi connectivity index (χ4n) is 2.37. The lowest BCUT2D eigenvalue weighted by molar-refractivity contribution is -0.126. The van der Waals surface area contributed by atoms with Gasteiger partial charge in [-0.15, -0.1) is 0 Å². The highest BCUT2D eigenvalue weighted by molar-refractivity contribution is 5.91. The van der Waals surface area contributed by atoms with Crippen molar-refractivity contribution in [2.45, 2.75) is 6.61 Å².